The van der Waals surface area contributed by atoms with Gasteiger partial charge in [0.15, 0.2) is 5.96 Å². The van der Waals surface area contributed by atoms with Crippen molar-refractivity contribution in [3.63, 3.8) is 0 Å². The van der Waals surface area contributed by atoms with Gasteiger partial charge in [0.25, 0.3) is 5.91 Å². The summed E-state index contributed by atoms with van der Waals surface area (Å²) in [5.41, 5.74) is 2.86. The Hall–Kier alpha value is -2.29. The third-order valence-corrected chi connectivity index (χ3v) is 4.79. The van der Waals surface area contributed by atoms with E-state index in [4.69, 9.17) is 4.99 Å². The molecule has 0 spiro atoms. The number of rotatable bonds is 9. The summed E-state index contributed by atoms with van der Waals surface area (Å²) in [7, 11) is 3.51. The molecule has 2 aromatic rings. The van der Waals surface area contributed by atoms with E-state index in [1.165, 1.54) is 0 Å². The van der Waals surface area contributed by atoms with Gasteiger partial charge in [0, 0.05) is 44.5 Å². The molecule has 0 saturated heterocycles. The fourth-order valence-electron chi connectivity index (χ4n) is 2.93. The number of halogens is 1. The number of amides is 1. The quantitative estimate of drug-likeness (QED) is 0.255. The highest BCUT2D eigenvalue weighted by molar-refractivity contribution is 14.0. The second-order valence-corrected chi connectivity index (χ2v) is 7.83. The summed E-state index contributed by atoms with van der Waals surface area (Å²) >= 11 is 0. The van der Waals surface area contributed by atoms with Gasteiger partial charge in [0.1, 0.15) is 0 Å². The lowest BCUT2D eigenvalue weighted by molar-refractivity contribution is 0.0827. The molecule has 0 fully saturated rings. The van der Waals surface area contributed by atoms with Crippen molar-refractivity contribution in [1.29, 1.82) is 0 Å². The Bertz CT molecular complexity index is 806. The summed E-state index contributed by atoms with van der Waals surface area (Å²) < 4.78 is 0. The van der Waals surface area contributed by atoms with E-state index in [0.29, 0.717) is 18.0 Å². The number of carbonyl (C=O) groups is 1. The zero-order valence-corrected chi connectivity index (χ0v) is 21.5. The smallest absolute Gasteiger partial charge is 0.253 e. The van der Waals surface area contributed by atoms with Gasteiger partial charge in [-0.25, -0.2) is 4.99 Å². The van der Waals surface area contributed by atoms with Crippen LogP contribution in [0.25, 0.3) is 0 Å². The standard InChI is InChI=1S/C24H35N5O.HI/c1-6-25-24(26-16-19-12-14-20(15-13-19)23(30)29(4)5)27-17-22(18(2)3)28-21-10-8-7-9-11-21;/h7-15,18,22,28H,6,16-17H2,1-5H3,(H2,25,26,27);1H. The molecule has 0 bridgehead atoms. The second-order valence-electron chi connectivity index (χ2n) is 7.83. The molecule has 0 aliphatic carbocycles. The zero-order chi connectivity index (χ0) is 21.9. The van der Waals surface area contributed by atoms with Crippen molar-refractivity contribution in [3.8, 4) is 0 Å². The van der Waals surface area contributed by atoms with Crippen molar-refractivity contribution < 1.29 is 4.79 Å². The number of nitrogens with zero attached hydrogens (tertiary/aromatic N) is 2. The van der Waals surface area contributed by atoms with Crippen molar-refractivity contribution in [1.82, 2.24) is 15.5 Å². The molecule has 0 radical (unpaired) electrons. The first kappa shape index (κ1) is 26.7. The minimum Gasteiger partial charge on any atom is -0.380 e. The molecule has 2 rings (SSSR count). The molecule has 3 N–H and O–H groups in total. The minimum atomic E-state index is 0. The largest absolute Gasteiger partial charge is 0.380 e. The van der Waals surface area contributed by atoms with Crippen LogP contribution in [0.4, 0.5) is 5.69 Å². The van der Waals surface area contributed by atoms with Gasteiger partial charge in [-0.3, -0.25) is 4.79 Å². The first-order chi connectivity index (χ1) is 14.4. The average Bonchev–Trinajstić information content (AvgIpc) is 2.75. The van der Waals surface area contributed by atoms with Crippen LogP contribution in [0.1, 0.15) is 36.7 Å². The number of carbonyl (C=O) groups excluding carboxylic acids is 1. The maximum atomic E-state index is 12.0. The highest BCUT2D eigenvalue weighted by atomic mass is 127. The van der Waals surface area contributed by atoms with Gasteiger partial charge in [0.2, 0.25) is 0 Å². The molecular formula is C24H36IN5O. The van der Waals surface area contributed by atoms with Crippen molar-refractivity contribution in [2.24, 2.45) is 10.9 Å². The van der Waals surface area contributed by atoms with Crippen molar-refractivity contribution in [3.05, 3.63) is 65.7 Å². The Morgan fingerprint density at radius 3 is 2.19 bits per heavy atom. The Morgan fingerprint density at radius 2 is 1.65 bits per heavy atom. The fourth-order valence-corrected chi connectivity index (χ4v) is 2.93. The van der Waals surface area contributed by atoms with E-state index in [1.807, 2.05) is 42.5 Å². The van der Waals surface area contributed by atoms with Crippen molar-refractivity contribution in [2.75, 3.05) is 32.5 Å². The normalized spacial score (nSPS) is 12.0. The van der Waals surface area contributed by atoms with Crippen molar-refractivity contribution >= 4 is 41.5 Å². The summed E-state index contributed by atoms with van der Waals surface area (Å²) in [4.78, 5) is 18.3. The summed E-state index contributed by atoms with van der Waals surface area (Å²) in [5, 5.41) is 10.4. The first-order valence-corrected chi connectivity index (χ1v) is 10.5. The number of nitrogens with one attached hydrogen (secondary N) is 3. The monoisotopic (exact) mass is 537 g/mol. The number of benzene rings is 2. The van der Waals surface area contributed by atoms with Crippen LogP contribution in [0.2, 0.25) is 0 Å². The highest BCUT2D eigenvalue weighted by Crippen LogP contribution is 2.12. The lowest BCUT2D eigenvalue weighted by atomic mass is 10.0. The number of para-hydroxylation sites is 1. The van der Waals surface area contributed by atoms with Crippen LogP contribution in [-0.2, 0) is 6.54 Å². The zero-order valence-electron chi connectivity index (χ0n) is 19.2. The molecule has 1 amide bonds. The van der Waals surface area contributed by atoms with E-state index in [0.717, 1.165) is 30.3 Å². The number of anilines is 1. The molecule has 0 aliphatic rings. The average molecular weight is 537 g/mol. The van der Waals surface area contributed by atoms with Crippen LogP contribution in [0.3, 0.4) is 0 Å². The van der Waals surface area contributed by atoms with Crippen LogP contribution in [-0.4, -0.2) is 50.0 Å². The van der Waals surface area contributed by atoms with Crippen LogP contribution in [0.5, 0.6) is 0 Å². The van der Waals surface area contributed by atoms with E-state index in [-0.39, 0.29) is 35.9 Å². The second kappa shape index (κ2) is 13.9. The van der Waals surface area contributed by atoms with Crippen LogP contribution < -0.4 is 16.0 Å². The van der Waals surface area contributed by atoms with E-state index < -0.39 is 0 Å². The lowest BCUT2D eigenvalue weighted by Gasteiger charge is -2.25. The van der Waals surface area contributed by atoms with Crippen molar-refractivity contribution in [2.45, 2.75) is 33.4 Å². The van der Waals surface area contributed by atoms with Gasteiger partial charge < -0.3 is 20.9 Å². The Morgan fingerprint density at radius 1 is 1.00 bits per heavy atom. The number of hydrogen-bond donors (Lipinski definition) is 3. The van der Waals surface area contributed by atoms with Crippen LogP contribution >= 0.6 is 24.0 Å². The molecule has 0 aliphatic heterocycles. The van der Waals surface area contributed by atoms with Gasteiger partial charge in [0.05, 0.1) is 6.54 Å². The molecule has 0 saturated carbocycles. The fraction of sp³-hybridized carbons (Fsp3) is 0.417. The van der Waals surface area contributed by atoms with E-state index in [2.05, 4.69) is 48.9 Å². The Balaban J connectivity index is 0.00000480. The molecule has 1 unspecified atom stereocenters. The summed E-state index contributed by atoms with van der Waals surface area (Å²) in [6.07, 6.45) is 0. The van der Waals surface area contributed by atoms with E-state index in [1.54, 1.807) is 19.0 Å². The molecule has 1 atom stereocenters. The highest BCUT2D eigenvalue weighted by Gasteiger charge is 2.14. The molecule has 170 valence electrons. The van der Waals surface area contributed by atoms with Gasteiger partial charge >= 0.3 is 0 Å². The maximum Gasteiger partial charge on any atom is 0.253 e. The number of aliphatic imine (C=N–C) groups is 1. The third kappa shape index (κ3) is 9.16. The molecule has 31 heavy (non-hydrogen) atoms. The van der Waals surface area contributed by atoms with E-state index >= 15 is 0 Å². The van der Waals surface area contributed by atoms with Gasteiger partial charge in [-0.2, -0.15) is 0 Å². The van der Waals surface area contributed by atoms with Crippen LogP contribution in [0, 0.1) is 5.92 Å². The molecule has 0 aromatic heterocycles. The molecular weight excluding hydrogens is 501 g/mol. The van der Waals surface area contributed by atoms with Gasteiger partial charge in [-0.15, -0.1) is 24.0 Å². The van der Waals surface area contributed by atoms with E-state index in [9.17, 15) is 4.79 Å². The molecule has 6 nitrogen and oxygen atoms in total. The lowest BCUT2D eigenvalue weighted by Crippen LogP contribution is -2.44. The SMILES string of the molecule is CCNC(=NCc1ccc(C(=O)N(C)C)cc1)NCC(Nc1ccccc1)C(C)C.I. The Labute approximate surface area is 203 Å². The summed E-state index contributed by atoms with van der Waals surface area (Å²) in [6, 6.07) is 18.2. The Kier molecular flexibility index (Phi) is 12.0. The molecule has 2 aromatic carbocycles. The summed E-state index contributed by atoms with van der Waals surface area (Å²) in [6.45, 7) is 8.58. The third-order valence-electron chi connectivity index (χ3n) is 4.79. The maximum absolute atomic E-state index is 12.0. The number of hydrogen-bond acceptors (Lipinski definition) is 3. The number of guanidine groups is 1. The molecule has 0 heterocycles. The molecule has 7 heteroatoms. The topological polar surface area (TPSA) is 68.8 Å². The van der Waals surface area contributed by atoms with Crippen LogP contribution in [0.15, 0.2) is 59.6 Å². The first-order valence-electron chi connectivity index (χ1n) is 10.5. The minimum absolute atomic E-state index is 0. The predicted octanol–water partition coefficient (Wildman–Crippen LogP) is 4.20. The summed E-state index contributed by atoms with van der Waals surface area (Å²) in [5.74, 6) is 1.25. The van der Waals surface area contributed by atoms with Gasteiger partial charge in [-0.05, 0) is 42.7 Å². The van der Waals surface area contributed by atoms with Gasteiger partial charge in [-0.1, -0.05) is 44.2 Å². The predicted molar refractivity (Wildman–Crippen MR) is 141 cm³/mol.